The van der Waals surface area contributed by atoms with Crippen LogP contribution in [0.3, 0.4) is 0 Å². The van der Waals surface area contributed by atoms with Crippen molar-refractivity contribution in [2.75, 3.05) is 0 Å². The van der Waals surface area contributed by atoms with Crippen molar-refractivity contribution in [3.8, 4) is 0 Å². The van der Waals surface area contributed by atoms with Gasteiger partial charge in [0.1, 0.15) is 5.82 Å². The molecule has 1 aliphatic rings. The highest BCUT2D eigenvalue weighted by atomic mass is 32.1. The molecule has 1 aliphatic heterocycles. The molecule has 0 saturated carbocycles. The maximum absolute atomic E-state index is 5.33. The van der Waals surface area contributed by atoms with E-state index in [-0.39, 0.29) is 0 Å². The van der Waals surface area contributed by atoms with E-state index in [1.54, 1.807) is 0 Å². The van der Waals surface area contributed by atoms with Crippen molar-refractivity contribution in [1.82, 2.24) is 4.57 Å². The Morgan fingerprint density at radius 1 is 1.54 bits per heavy atom. The van der Waals surface area contributed by atoms with E-state index in [4.69, 9.17) is 12.2 Å². The molecule has 2 rings (SSSR count). The first kappa shape index (κ1) is 8.63. The van der Waals surface area contributed by atoms with Crippen LogP contribution in [0.1, 0.15) is 24.8 Å². The molecule has 0 aliphatic carbocycles. The lowest BCUT2D eigenvalue weighted by Crippen LogP contribution is -2.00. The number of fused-ring (bicyclic) bond motifs is 1. The van der Waals surface area contributed by atoms with Crippen LogP contribution < -0.4 is 0 Å². The SMILES string of the molecule is Cn1ccc2c1/N=C\CCCC2=S. The van der Waals surface area contributed by atoms with Crippen LogP contribution in [0.5, 0.6) is 0 Å². The van der Waals surface area contributed by atoms with Crippen LogP contribution in [-0.2, 0) is 7.05 Å². The summed E-state index contributed by atoms with van der Waals surface area (Å²) in [6.07, 6.45) is 7.17. The van der Waals surface area contributed by atoms with Gasteiger partial charge >= 0.3 is 0 Å². The molecule has 0 amide bonds. The van der Waals surface area contributed by atoms with E-state index < -0.39 is 0 Å². The highest BCUT2D eigenvalue weighted by Gasteiger charge is 2.11. The summed E-state index contributed by atoms with van der Waals surface area (Å²) in [5.74, 6) is 1.00. The summed E-state index contributed by atoms with van der Waals surface area (Å²) in [6.45, 7) is 0. The molecule has 3 heteroatoms. The van der Waals surface area contributed by atoms with Crippen LogP contribution in [0.25, 0.3) is 0 Å². The van der Waals surface area contributed by atoms with Gasteiger partial charge in [-0.2, -0.15) is 0 Å². The Morgan fingerprint density at radius 2 is 2.38 bits per heavy atom. The van der Waals surface area contributed by atoms with Crippen LogP contribution in [-0.4, -0.2) is 15.6 Å². The molecule has 1 aromatic heterocycles. The minimum Gasteiger partial charge on any atom is -0.336 e. The number of aryl methyl sites for hydroxylation is 1. The van der Waals surface area contributed by atoms with Crippen LogP contribution in [0, 0.1) is 0 Å². The Labute approximate surface area is 83.3 Å². The standard InChI is InChI=1S/C10H12N2S/c1-12-7-5-8-9(13)4-2-3-6-11-10(8)12/h5-7H,2-4H2,1H3/b11-6-. The maximum atomic E-state index is 5.33. The van der Waals surface area contributed by atoms with Crippen molar-refractivity contribution in [2.24, 2.45) is 12.0 Å². The second-order valence-electron chi connectivity index (χ2n) is 3.29. The molecule has 0 spiro atoms. The molecule has 0 bridgehead atoms. The third-order valence-electron chi connectivity index (χ3n) is 2.29. The topological polar surface area (TPSA) is 17.3 Å². The maximum Gasteiger partial charge on any atom is 0.140 e. The summed E-state index contributed by atoms with van der Waals surface area (Å²) >= 11 is 5.33. The van der Waals surface area contributed by atoms with Gasteiger partial charge in [-0.1, -0.05) is 12.2 Å². The Bertz CT molecular complexity index is 363. The van der Waals surface area contributed by atoms with Crippen LogP contribution in [0.15, 0.2) is 17.3 Å². The summed E-state index contributed by atoms with van der Waals surface area (Å²) in [5.41, 5.74) is 1.13. The molecule has 0 saturated heterocycles. The predicted molar refractivity (Wildman–Crippen MR) is 59.1 cm³/mol. The fraction of sp³-hybridized carbons (Fsp3) is 0.400. The number of hydrogen-bond acceptors (Lipinski definition) is 2. The predicted octanol–water partition coefficient (Wildman–Crippen LogP) is 2.63. The molecular formula is C10H12N2S. The van der Waals surface area contributed by atoms with Crippen molar-refractivity contribution >= 4 is 29.1 Å². The summed E-state index contributed by atoms with van der Waals surface area (Å²) in [5, 5.41) is 0. The molecule has 13 heavy (non-hydrogen) atoms. The lowest BCUT2D eigenvalue weighted by atomic mass is 10.1. The van der Waals surface area contributed by atoms with E-state index >= 15 is 0 Å². The van der Waals surface area contributed by atoms with Crippen molar-refractivity contribution < 1.29 is 0 Å². The molecule has 68 valence electrons. The molecule has 0 unspecified atom stereocenters. The molecule has 0 fully saturated rings. The Balaban J connectivity index is 2.51. The zero-order valence-electron chi connectivity index (χ0n) is 7.66. The first-order valence-corrected chi connectivity index (χ1v) is 4.91. The quantitative estimate of drug-likeness (QED) is 0.578. The minimum absolute atomic E-state index is 1.00. The largest absolute Gasteiger partial charge is 0.336 e. The lowest BCUT2D eigenvalue weighted by Gasteiger charge is -2.06. The fourth-order valence-corrected chi connectivity index (χ4v) is 1.84. The number of hydrogen-bond donors (Lipinski definition) is 0. The zero-order chi connectivity index (χ0) is 9.26. The van der Waals surface area contributed by atoms with Crippen LogP contribution in [0.4, 0.5) is 5.82 Å². The van der Waals surface area contributed by atoms with Gasteiger partial charge in [0, 0.05) is 29.9 Å². The van der Waals surface area contributed by atoms with Gasteiger partial charge in [-0.3, -0.25) is 0 Å². The third-order valence-corrected chi connectivity index (χ3v) is 2.71. The first-order chi connectivity index (χ1) is 6.29. The molecule has 1 aromatic rings. The summed E-state index contributed by atoms with van der Waals surface area (Å²) in [4.78, 5) is 5.46. The molecule has 2 nitrogen and oxygen atoms in total. The van der Waals surface area contributed by atoms with E-state index in [0.29, 0.717) is 0 Å². The number of thiocarbonyl (C=S) groups is 1. The monoisotopic (exact) mass is 192 g/mol. The zero-order valence-corrected chi connectivity index (χ0v) is 8.47. The van der Waals surface area contributed by atoms with Crippen LogP contribution >= 0.6 is 12.2 Å². The van der Waals surface area contributed by atoms with Crippen molar-refractivity contribution in [1.29, 1.82) is 0 Å². The van der Waals surface area contributed by atoms with E-state index in [1.165, 1.54) is 0 Å². The van der Waals surface area contributed by atoms with Gasteiger partial charge in [-0.05, 0) is 25.3 Å². The minimum atomic E-state index is 1.00. The van der Waals surface area contributed by atoms with Gasteiger partial charge in [0.2, 0.25) is 0 Å². The third kappa shape index (κ3) is 1.56. The van der Waals surface area contributed by atoms with Crippen molar-refractivity contribution in [3.05, 3.63) is 17.8 Å². The highest BCUT2D eigenvalue weighted by Crippen LogP contribution is 2.24. The van der Waals surface area contributed by atoms with E-state index in [1.807, 2.05) is 24.0 Å². The van der Waals surface area contributed by atoms with Gasteiger partial charge in [0.05, 0.1) is 0 Å². The lowest BCUT2D eigenvalue weighted by molar-refractivity contribution is 0.906. The summed E-state index contributed by atoms with van der Waals surface area (Å²) in [7, 11) is 2.00. The smallest absolute Gasteiger partial charge is 0.140 e. The molecule has 0 radical (unpaired) electrons. The fourth-order valence-electron chi connectivity index (χ4n) is 1.54. The van der Waals surface area contributed by atoms with E-state index in [9.17, 15) is 0 Å². The summed E-state index contributed by atoms with van der Waals surface area (Å²) in [6, 6.07) is 2.06. The molecular weight excluding hydrogens is 180 g/mol. The van der Waals surface area contributed by atoms with Crippen molar-refractivity contribution in [2.45, 2.75) is 19.3 Å². The average Bonchev–Trinajstić information content (AvgIpc) is 2.43. The van der Waals surface area contributed by atoms with Gasteiger partial charge in [0.25, 0.3) is 0 Å². The van der Waals surface area contributed by atoms with Gasteiger partial charge in [-0.25, -0.2) is 4.99 Å². The number of aliphatic imine (C=N–C) groups is 1. The van der Waals surface area contributed by atoms with E-state index in [0.717, 1.165) is 35.5 Å². The molecule has 0 aromatic carbocycles. The van der Waals surface area contributed by atoms with E-state index in [2.05, 4.69) is 11.1 Å². The highest BCUT2D eigenvalue weighted by molar-refractivity contribution is 7.80. The van der Waals surface area contributed by atoms with Gasteiger partial charge in [-0.15, -0.1) is 0 Å². The van der Waals surface area contributed by atoms with Crippen LogP contribution in [0.2, 0.25) is 0 Å². The first-order valence-electron chi connectivity index (χ1n) is 4.50. The second kappa shape index (κ2) is 3.42. The van der Waals surface area contributed by atoms with Crippen molar-refractivity contribution in [3.63, 3.8) is 0 Å². The Kier molecular flexibility index (Phi) is 2.27. The number of nitrogens with zero attached hydrogens (tertiary/aromatic N) is 2. The Morgan fingerprint density at radius 3 is 3.23 bits per heavy atom. The molecule has 0 N–H and O–H groups in total. The molecule has 2 heterocycles. The number of rotatable bonds is 0. The average molecular weight is 192 g/mol. The second-order valence-corrected chi connectivity index (χ2v) is 3.78. The normalized spacial score (nSPS) is 19.0. The number of aromatic nitrogens is 1. The van der Waals surface area contributed by atoms with Gasteiger partial charge in [0.15, 0.2) is 0 Å². The van der Waals surface area contributed by atoms with Gasteiger partial charge < -0.3 is 4.57 Å². The summed E-state index contributed by atoms with van der Waals surface area (Å²) < 4.78 is 2.02. The Hall–Kier alpha value is -0.960. The molecule has 0 atom stereocenters.